The molecule has 0 rings (SSSR count). The average Bonchev–Trinajstić information content (AvgIpc) is 2.57. The second-order valence-corrected chi connectivity index (χ2v) is 7.11. The van der Waals surface area contributed by atoms with Gasteiger partial charge in [0.25, 0.3) is 0 Å². The van der Waals surface area contributed by atoms with E-state index in [1.165, 1.54) is 0 Å². The molecule has 0 heterocycles. The van der Waals surface area contributed by atoms with Crippen LogP contribution < -0.4 is 16.4 Å². The molecule has 0 aliphatic rings. The summed E-state index contributed by atoms with van der Waals surface area (Å²) in [5, 5.41) is 5.97. The maximum absolute atomic E-state index is 11.5. The first kappa shape index (κ1) is 25.9. The summed E-state index contributed by atoms with van der Waals surface area (Å²) in [5.74, 6) is -0.538. The number of ether oxygens (including phenoxy) is 4. The van der Waals surface area contributed by atoms with E-state index in [4.69, 9.17) is 24.7 Å². The van der Waals surface area contributed by atoms with Crippen LogP contribution in [0.1, 0.15) is 27.7 Å². The fourth-order valence-corrected chi connectivity index (χ4v) is 1.73. The molecule has 1 atom stereocenters. The number of hydrogen-bond donors (Lipinski definition) is 3. The van der Waals surface area contributed by atoms with Crippen LogP contribution in [0, 0.1) is 0 Å². The van der Waals surface area contributed by atoms with E-state index in [0.717, 1.165) is 6.54 Å². The van der Waals surface area contributed by atoms with Crippen LogP contribution in [0.15, 0.2) is 0 Å². The van der Waals surface area contributed by atoms with Crippen LogP contribution in [0.5, 0.6) is 0 Å². The molecule has 160 valence electrons. The SMILES string of the molecule is CC(N)C(=O)COCC(=O)NCCOCCOCCOCCNC(C)(C)C. The van der Waals surface area contributed by atoms with Crippen LogP contribution >= 0.6 is 0 Å². The van der Waals surface area contributed by atoms with Crippen molar-refractivity contribution < 1.29 is 28.5 Å². The molecule has 0 fully saturated rings. The van der Waals surface area contributed by atoms with E-state index >= 15 is 0 Å². The highest BCUT2D eigenvalue weighted by molar-refractivity contribution is 5.85. The van der Waals surface area contributed by atoms with E-state index in [9.17, 15) is 9.59 Å². The highest BCUT2D eigenvalue weighted by atomic mass is 16.5. The summed E-state index contributed by atoms with van der Waals surface area (Å²) in [5.41, 5.74) is 5.49. The maximum atomic E-state index is 11.5. The standard InChI is InChI=1S/C18H37N3O6/c1-15(19)16(22)13-27-14-17(23)20-5-7-24-9-11-26-12-10-25-8-6-21-18(2,3)4/h15,21H,5-14,19H2,1-4H3,(H,20,23). The number of amides is 1. The molecule has 9 heteroatoms. The highest BCUT2D eigenvalue weighted by Crippen LogP contribution is 1.96. The van der Waals surface area contributed by atoms with Gasteiger partial charge in [0.05, 0.1) is 45.7 Å². The minimum absolute atomic E-state index is 0.103. The molecular formula is C18H37N3O6. The molecule has 0 saturated carbocycles. The van der Waals surface area contributed by atoms with Crippen molar-refractivity contribution in [2.24, 2.45) is 5.73 Å². The van der Waals surface area contributed by atoms with E-state index in [0.29, 0.717) is 46.2 Å². The lowest BCUT2D eigenvalue weighted by Gasteiger charge is -2.20. The fraction of sp³-hybridized carbons (Fsp3) is 0.889. The number of hydrogen-bond acceptors (Lipinski definition) is 8. The Morgan fingerprint density at radius 2 is 1.37 bits per heavy atom. The van der Waals surface area contributed by atoms with Gasteiger partial charge in [0.1, 0.15) is 13.2 Å². The summed E-state index contributed by atoms with van der Waals surface area (Å²) in [4.78, 5) is 22.7. The molecule has 0 saturated heterocycles. The van der Waals surface area contributed by atoms with E-state index in [2.05, 4.69) is 31.4 Å². The molecule has 1 unspecified atom stereocenters. The minimum Gasteiger partial charge on any atom is -0.378 e. The maximum Gasteiger partial charge on any atom is 0.246 e. The number of ketones is 1. The lowest BCUT2D eigenvalue weighted by atomic mass is 10.1. The molecule has 0 bridgehead atoms. The van der Waals surface area contributed by atoms with Gasteiger partial charge in [-0.1, -0.05) is 0 Å². The molecule has 0 radical (unpaired) electrons. The van der Waals surface area contributed by atoms with Gasteiger partial charge in [-0.05, 0) is 27.7 Å². The summed E-state index contributed by atoms with van der Waals surface area (Å²) < 4.78 is 21.1. The predicted molar refractivity (Wildman–Crippen MR) is 103 cm³/mol. The van der Waals surface area contributed by atoms with E-state index in [-0.39, 0.29) is 30.4 Å². The molecule has 4 N–H and O–H groups in total. The second-order valence-electron chi connectivity index (χ2n) is 7.11. The molecule has 0 aliphatic heterocycles. The zero-order valence-corrected chi connectivity index (χ0v) is 17.2. The van der Waals surface area contributed by atoms with Crippen LogP contribution in [0.25, 0.3) is 0 Å². The Kier molecular flexibility index (Phi) is 15.3. The van der Waals surface area contributed by atoms with Crippen LogP contribution in [-0.2, 0) is 28.5 Å². The van der Waals surface area contributed by atoms with Crippen molar-refractivity contribution in [2.75, 3.05) is 65.9 Å². The van der Waals surface area contributed by atoms with Crippen molar-refractivity contribution in [2.45, 2.75) is 39.3 Å². The van der Waals surface area contributed by atoms with Crippen molar-refractivity contribution in [1.82, 2.24) is 10.6 Å². The molecule has 0 aliphatic carbocycles. The van der Waals surface area contributed by atoms with Crippen molar-refractivity contribution >= 4 is 11.7 Å². The number of Topliss-reactive ketones (excluding diaryl/α,β-unsaturated/α-hetero) is 1. The number of carbonyl (C=O) groups is 2. The quantitative estimate of drug-likeness (QED) is 0.283. The van der Waals surface area contributed by atoms with Gasteiger partial charge in [-0.3, -0.25) is 9.59 Å². The van der Waals surface area contributed by atoms with Crippen LogP contribution in [0.3, 0.4) is 0 Å². The van der Waals surface area contributed by atoms with Crippen molar-refractivity contribution in [3.05, 3.63) is 0 Å². The Bertz CT molecular complexity index is 399. The van der Waals surface area contributed by atoms with E-state index < -0.39 is 6.04 Å². The summed E-state index contributed by atoms with van der Waals surface area (Å²) >= 11 is 0. The smallest absolute Gasteiger partial charge is 0.246 e. The third-order valence-electron chi connectivity index (χ3n) is 3.20. The second kappa shape index (κ2) is 15.9. The first-order valence-corrected chi connectivity index (χ1v) is 9.33. The Hall–Kier alpha value is -1.10. The zero-order chi connectivity index (χ0) is 20.5. The first-order valence-electron chi connectivity index (χ1n) is 9.33. The number of rotatable bonds is 17. The van der Waals surface area contributed by atoms with Gasteiger partial charge in [-0.25, -0.2) is 0 Å². The highest BCUT2D eigenvalue weighted by Gasteiger charge is 2.09. The molecule has 0 spiro atoms. The summed E-state index contributed by atoms with van der Waals surface area (Å²) in [6, 6.07) is -0.583. The fourth-order valence-electron chi connectivity index (χ4n) is 1.73. The molecule has 0 aromatic heterocycles. The Labute approximate surface area is 162 Å². The van der Waals surface area contributed by atoms with Gasteiger partial charge in [0.2, 0.25) is 5.91 Å². The van der Waals surface area contributed by atoms with Gasteiger partial charge in [-0.2, -0.15) is 0 Å². The minimum atomic E-state index is -0.583. The van der Waals surface area contributed by atoms with Gasteiger partial charge >= 0.3 is 0 Å². The van der Waals surface area contributed by atoms with Crippen molar-refractivity contribution in [1.29, 1.82) is 0 Å². The summed E-state index contributed by atoms with van der Waals surface area (Å²) in [6.07, 6.45) is 0. The lowest BCUT2D eigenvalue weighted by molar-refractivity contribution is -0.130. The Balaban J connectivity index is 3.26. The monoisotopic (exact) mass is 391 g/mol. The molecule has 27 heavy (non-hydrogen) atoms. The van der Waals surface area contributed by atoms with Crippen LogP contribution in [0.2, 0.25) is 0 Å². The third-order valence-corrected chi connectivity index (χ3v) is 3.20. The predicted octanol–water partition coefficient (Wildman–Crippen LogP) is -0.527. The third kappa shape index (κ3) is 19.5. The molecule has 1 amide bonds. The number of carbonyl (C=O) groups excluding carboxylic acids is 2. The van der Waals surface area contributed by atoms with Crippen molar-refractivity contribution in [3.8, 4) is 0 Å². The molecule has 9 nitrogen and oxygen atoms in total. The average molecular weight is 392 g/mol. The Morgan fingerprint density at radius 1 is 0.852 bits per heavy atom. The Morgan fingerprint density at radius 3 is 1.89 bits per heavy atom. The van der Waals surface area contributed by atoms with E-state index in [1.807, 2.05) is 0 Å². The molecule has 0 aromatic carbocycles. The van der Waals surface area contributed by atoms with E-state index in [1.54, 1.807) is 6.92 Å². The van der Waals surface area contributed by atoms with Crippen molar-refractivity contribution in [3.63, 3.8) is 0 Å². The number of nitrogens with two attached hydrogens (primary N) is 1. The van der Waals surface area contributed by atoms with Gasteiger partial charge in [0.15, 0.2) is 5.78 Å². The topological polar surface area (TPSA) is 121 Å². The summed E-state index contributed by atoms with van der Waals surface area (Å²) in [6.45, 7) is 11.8. The normalized spacial score (nSPS) is 12.8. The molecular weight excluding hydrogens is 354 g/mol. The van der Waals surface area contributed by atoms with Gasteiger partial charge in [-0.15, -0.1) is 0 Å². The van der Waals surface area contributed by atoms with Crippen LogP contribution in [0.4, 0.5) is 0 Å². The summed E-state index contributed by atoms with van der Waals surface area (Å²) in [7, 11) is 0. The van der Waals surface area contributed by atoms with Gasteiger partial charge in [0, 0.05) is 18.6 Å². The first-order chi connectivity index (χ1) is 12.7. The molecule has 0 aromatic rings. The largest absolute Gasteiger partial charge is 0.378 e. The number of nitrogens with one attached hydrogen (secondary N) is 2. The van der Waals surface area contributed by atoms with Crippen LogP contribution in [-0.4, -0.2) is 89.2 Å². The zero-order valence-electron chi connectivity index (χ0n) is 17.2. The lowest BCUT2D eigenvalue weighted by Crippen LogP contribution is -2.38. The van der Waals surface area contributed by atoms with Gasteiger partial charge < -0.3 is 35.3 Å².